The average Bonchev–Trinajstić information content (AvgIpc) is 2.77. The Labute approximate surface area is 182 Å². The number of benzene rings is 1. The lowest BCUT2D eigenvalue weighted by Gasteiger charge is -2.30. The zero-order valence-electron chi connectivity index (χ0n) is 18.7. The van der Waals surface area contributed by atoms with Crippen LogP contribution in [-0.2, 0) is 4.79 Å². The van der Waals surface area contributed by atoms with Gasteiger partial charge >= 0.3 is 0 Å². The van der Waals surface area contributed by atoms with Gasteiger partial charge in [-0.2, -0.15) is 0 Å². The third kappa shape index (κ3) is 9.59. The molecule has 1 aliphatic rings. The molecule has 1 saturated carbocycles. The quantitative estimate of drug-likeness (QED) is 0.341. The minimum Gasteiger partial charge on any atom is -0.393 e. The molecule has 170 valence electrons. The van der Waals surface area contributed by atoms with E-state index in [4.69, 9.17) is 0 Å². The molecule has 2 rings (SSSR count). The van der Waals surface area contributed by atoms with E-state index in [1.54, 1.807) is 0 Å². The molecule has 0 radical (unpaired) electrons. The van der Waals surface area contributed by atoms with Crippen LogP contribution >= 0.6 is 0 Å². The molecule has 2 atom stereocenters. The van der Waals surface area contributed by atoms with Crippen LogP contribution in [0.25, 0.3) is 0 Å². The highest BCUT2D eigenvalue weighted by atomic mass is 16.3. The number of nitrogens with one attached hydrogen (secondary N) is 2. The number of carbonyl (C=O) groups excluding carboxylic acids is 1. The van der Waals surface area contributed by atoms with E-state index in [2.05, 4.69) is 17.6 Å². The molecule has 1 aromatic rings. The van der Waals surface area contributed by atoms with Gasteiger partial charge in [-0.3, -0.25) is 4.79 Å². The fraction of sp³-hybridized carbons (Fsp3) is 0.720. The first-order valence-corrected chi connectivity index (χ1v) is 12.0. The van der Waals surface area contributed by atoms with Crippen molar-refractivity contribution in [3.05, 3.63) is 35.9 Å². The van der Waals surface area contributed by atoms with Gasteiger partial charge in [0.15, 0.2) is 0 Å². The standard InChI is InChI=1S/C25H42N2O3/c1-2-3-4-5-6-7-11-14-24(29)27-23(25(30)20-12-9-8-10-13-20)19-26-21-15-17-22(28)18-16-21/h8-10,12-13,21-23,25-26,28,30H,2-7,11,14-19H2,1H3,(H,27,29)/t21?,22?,23-,25-/m0/s1. The number of hydrogen-bond donors (Lipinski definition) is 4. The third-order valence-corrected chi connectivity index (χ3v) is 6.20. The molecule has 1 aliphatic carbocycles. The van der Waals surface area contributed by atoms with Crippen molar-refractivity contribution in [2.75, 3.05) is 6.54 Å². The molecule has 30 heavy (non-hydrogen) atoms. The maximum atomic E-state index is 12.5. The van der Waals surface area contributed by atoms with E-state index in [-0.39, 0.29) is 18.1 Å². The Morgan fingerprint density at radius 1 is 1.00 bits per heavy atom. The molecule has 0 aliphatic heterocycles. The SMILES string of the molecule is CCCCCCCCCC(=O)N[C@@H](CNC1CCC(O)CC1)[C@@H](O)c1ccccc1. The Bertz CT molecular complexity index is 573. The molecular weight excluding hydrogens is 376 g/mol. The van der Waals surface area contributed by atoms with Crippen LogP contribution < -0.4 is 10.6 Å². The number of rotatable bonds is 14. The molecular formula is C25H42N2O3. The molecule has 1 amide bonds. The van der Waals surface area contributed by atoms with E-state index in [1.807, 2.05) is 30.3 Å². The Morgan fingerprint density at radius 2 is 1.63 bits per heavy atom. The van der Waals surface area contributed by atoms with Gasteiger partial charge in [-0.05, 0) is 37.7 Å². The van der Waals surface area contributed by atoms with Crippen molar-refractivity contribution in [2.24, 2.45) is 0 Å². The average molecular weight is 419 g/mol. The summed E-state index contributed by atoms with van der Waals surface area (Å²) in [4.78, 5) is 12.5. The molecule has 5 heteroatoms. The van der Waals surface area contributed by atoms with Gasteiger partial charge in [0.1, 0.15) is 6.10 Å². The second kappa shape index (κ2) is 14.6. The molecule has 0 aromatic heterocycles. The lowest BCUT2D eigenvalue weighted by atomic mass is 9.92. The van der Waals surface area contributed by atoms with Crippen LogP contribution in [0.3, 0.4) is 0 Å². The van der Waals surface area contributed by atoms with Crippen LogP contribution in [0.15, 0.2) is 30.3 Å². The summed E-state index contributed by atoms with van der Waals surface area (Å²) in [6.45, 7) is 2.75. The minimum atomic E-state index is -0.745. The Morgan fingerprint density at radius 3 is 2.30 bits per heavy atom. The molecule has 4 N–H and O–H groups in total. The predicted octanol–water partition coefficient (Wildman–Crippen LogP) is 4.24. The van der Waals surface area contributed by atoms with E-state index in [0.717, 1.165) is 44.1 Å². The van der Waals surface area contributed by atoms with E-state index in [1.165, 1.54) is 32.1 Å². The highest BCUT2D eigenvalue weighted by Crippen LogP contribution is 2.20. The molecule has 1 fully saturated rings. The van der Waals surface area contributed by atoms with Gasteiger partial charge < -0.3 is 20.8 Å². The van der Waals surface area contributed by atoms with Crippen molar-refractivity contribution in [3.63, 3.8) is 0 Å². The summed E-state index contributed by atoms with van der Waals surface area (Å²) in [5.41, 5.74) is 0.819. The summed E-state index contributed by atoms with van der Waals surface area (Å²) < 4.78 is 0. The number of unbranched alkanes of at least 4 members (excludes halogenated alkanes) is 6. The number of aliphatic hydroxyl groups is 2. The van der Waals surface area contributed by atoms with Crippen molar-refractivity contribution in [3.8, 4) is 0 Å². The topological polar surface area (TPSA) is 81.6 Å². The van der Waals surface area contributed by atoms with E-state index >= 15 is 0 Å². The van der Waals surface area contributed by atoms with Gasteiger partial charge in [0.25, 0.3) is 0 Å². The monoisotopic (exact) mass is 418 g/mol. The van der Waals surface area contributed by atoms with Crippen LogP contribution in [0.2, 0.25) is 0 Å². The lowest BCUT2D eigenvalue weighted by Crippen LogP contribution is -2.48. The van der Waals surface area contributed by atoms with Crippen LogP contribution in [0.4, 0.5) is 0 Å². The lowest BCUT2D eigenvalue weighted by molar-refractivity contribution is -0.122. The summed E-state index contributed by atoms with van der Waals surface area (Å²) in [6.07, 6.45) is 11.4. The molecule has 0 spiro atoms. The highest BCUT2D eigenvalue weighted by Gasteiger charge is 2.25. The second-order valence-electron chi connectivity index (χ2n) is 8.81. The van der Waals surface area contributed by atoms with Gasteiger partial charge in [-0.15, -0.1) is 0 Å². The fourth-order valence-corrected chi connectivity index (χ4v) is 4.22. The van der Waals surface area contributed by atoms with Crippen LogP contribution in [0.5, 0.6) is 0 Å². The van der Waals surface area contributed by atoms with Gasteiger partial charge in [0.2, 0.25) is 5.91 Å². The predicted molar refractivity (Wildman–Crippen MR) is 122 cm³/mol. The Balaban J connectivity index is 1.80. The van der Waals surface area contributed by atoms with Crippen molar-refractivity contribution in [1.82, 2.24) is 10.6 Å². The van der Waals surface area contributed by atoms with Gasteiger partial charge in [0.05, 0.1) is 12.1 Å². The molecule has 1 aromatic carbocycles. The van der Waals surface area contributed by atoms with Gasteiger partial charge in [0, 0.05) is 19.0 Å². The molecule has 0 unspecified atom stereocenters. The van der Waals surface area contributed by atoms with Crippen molar-refractivity contribution >= 4 is 5.91 Å². The van der Waals surface area contributed by atoms with Crippen LogP contribution in [-0.4, -0.2) is 40.9 Å². The third-order valence-electron chi connectivity index (χ3n) is 6.20. The number of aliphatic hydroxyl groups excluding tert-OH is 2. The van der Waals surface area contributed by atoms with Crippen LogP contribution in [0, 0.1) is 0 Å². The maximum absolute atomic E-state index is 12.5. The summed E-state index contributed by atoms with van der Waals surface area (Å²) in [5, 5.41) is 27.2. The Kier molecular flexibility index (Phi) is 12.0. The number of amides is 1. The zero-order chi connectivity index (χ0) is 21.6. The number of carbonyl (C=O) groups is 1. The highest BCUT2D eigenvalue weighted by molar-refractivity contribution is 5.76. The van der Waals surface area contributed by atoms with E-state index < -0.39 is 6.10 Å². The Hall–Kier alpha value is -1.43. The normalized spacial score (nSPS) is 21.2. The van der Waals surface area contributed by atoms with Gasteiger partial charge in [-0.1, -0.05) is 75.8 Å². The van der Waals surface area contributed by atoms with Crippen molar-refractivity contribution in [2.45, 2.75) is 108 Å². The first kappa shape index (κ1) is 24.8. The zero-order valence-corrected chi connectivity index (χ0v) is 18.7. The fourth-order valence-electron chi connectivity index (χ4n) is 4.22. The molecule has 0 saturated heterocycles. The van der Waals surface area contributed by atoms with Crippen molar-refractivity contribution in [1.29, 1.82) is 0 Å². The summed E-state index contributed by atoms with van der Waals surface area (Å²) in [5.74, 6) is 0.0180. The molecule has 0 bridgehead atoms. The first-order valence-electron chi connectivity index (χ1n) is 12.0. The second-order valence-corrected chi connectivity index (χ2v) is 8.81. The van der Waals surface area contributed by atoms with Crippen molar-refractivity contribution < 1.29 is 15.0 Å². The smallest absolute Gasteiger partial charge is 0.220 e. The first-order chi connectivity index (χ1) is 14.6. The van der Waals surface area contributed by atoms with Crippen LogP contribution in [0.1, 0.15) is 95.6 Å². The largest absolute Gasteiger partial charge is 0.393 e. The summed E-state index contributed by atoms with van der Waals surface area (Å²) in [6, 6.07) is 9.51. The molecule has 0 heterocycles. The summed E-state index contributed by atoms with van der Waals surface area (Å²) >= 11 is 0. The maximum Gasteiger partial charge on any atom is 0.220 e. The summed E-state index contributed by atoms with van der Waals surface area (Å²) in [7, 11) is 0. The van der Waals surface area contributed by atoms with E-state index in [9.17, 15) is 15.0 Å². The van der Waals surface area contributed by atoms with E-state index in [0.29, 0.717) is 19.0 Å². The minimum absolute atomic E-state index is 0.0180. The molecule has 5 nitrogen and oxygen atoms in total. The number of hydrogen-bond acceptors (Lipinski definition) is 4. The van der Waals surface area contributed by atoms with Gasteiger partial charge in [-0.25, -0.2) is 0 Å².